The number of hydrogen-bond acceptors (Lipinski definition) is 8. The van der Waals surface area contributed by atoms with Gasteiger partial charge in [-0.05, 0) is 36.4 Å². The Bertz CT molecular complexity index is 1330. The van der Waals surface area contributed by atoms with Crippen molar-refractivity contribution in [2.75, 3.05) is 19.5 Å². The zero-order valence-corrected chi connectivity index (χ0v) is 17.6. The number of carbonyl (C=O) groups is 1. The number of para-hydroxylation sites is 2. The summed E-state index contributed by atoms with van der Waals surface area (Å²) in [5, 5.41) is 17.9. The van der Waals surface area contributed by atoms with Crippen LogP contribution in [0.4, 0.5) is 11.4 Å². The average molecular weight is 446 g/mol. The molecule has 1 aromatic heterocycles. The Labute approximate surface area is 187 Å². The molecule has 0 saturated carbocycles. The van der Waals surface area contributed by atoms with E-state index in [1.165, 1.54) is 32.4 Å². The van der Waals surface area contributed by atoms with Crippen LogP contribution >= 0.6 is 0 Å². The van der Waals surface area contributed by atoms with Crippen LogP contribution in [0.15, 0.2) is 71.3 Å². The highest BCUT2D eigenvalue weighted by Gasteiger charge is 2.21. The van der Waals surface area contributed by atoms with Gasteiger partial charge in [-0.25, -0.2) is 0 Å². The number of carbonyl (C=O) groups excluding carboxylic acids is 1. The van der Waals surface area contributed by atoms with E-state index in [1.807, 2.05) is 0 Å². The standard InChI is InChI=1S/C23H18N4O6/c1-31-19-12-11-14(13-20(19)32-2)21-25-23(33-26-21)16-8-4-3-7-15(16)22(28)24-17-9-5-6-10-18(17)27(29)30/h3-13H,1-2H3,(H,24,28). The molecule has 0 bridgehead atoms. The van der Waals surface area contributed by atoms with Gasteiger partial charge in [0, 0.05) is 11.6 Å². The van der Waals surface area contributed by atoms with Crippen LogP contribution in [0, 0.1) is 10.1 Å². The van der Waals surface area contributed by atoms with E-state index >= 15 is 0 Å². The number of aromatic nitrogens is 2. The fourth-order valence-corrected chi connectivity index (χ4v) is 3.22. The van der Waals surface area contributed by atoms with E-state index in [0.717, 1.165) is 0 Å². The van der Waals surface area contributed by atoms with E-state index in [9.17, 15) is 14.9 Å². The summed E-state index contributed by atoms with van der Waals surface area (Å²) in [4.78, 5) is 28.1. The summed E-state index contributed by atoms with van der Waals surface area (Å²) >= 11 is 0. The Kier molecular flexibility index (Phi) is 5.98. The van der Waals surface area contributed by atoms with Crippen LogP contribution < -0.4 is 14.8 Å². The maximum atomic E-state index is 13.0. The number of hydrogen-bond donors (Lipinski definition) is 1. The van der Waals surface area contributed by atoms with E-state index in [2.05, 4.69) is 15.5 Å². The number of nitro groups is 1. The summed E-state index contributed by atoms with van der Waals surface area (Å²) < 4.78 is 16.0. The van der Waals surface area contributed by atoms with Crippen LogP contribution in [0.3, 0.4) is 0 Å². The molecule has 4 aromatic rings. The Morgan fingerprint density at radius 1 is 1.00 bits per heavy atom. The first kappa shape index (κ1) is 21.5. The van der Waals surface area contributed by atoms with Gasteiger partial charge in [0.05, 0.1) is 30.3 Å². The van der Waals surface area contributed by atoms with Crippen LogP contribution in [-0.2, 0) is 0 Å². The number of benzene rings is 3. The predicted molar refractivity (Wildman–Crippen MR) is 119 cm³/mol. The predicted octanol–water partition coefficient (Wildman–Crippen LogP) is 4.58. The Hall–Kier alpha value is -4.73. The first-order valence-corrected chi connectivity index (χ1v) is 9.72. The van der Waals surface area contributed by atoms with E-state index < -0.39 is 10.8 Å². The maximum Gasteiger partial charge on any atom is 0.292 e. The highest BCUT2D eigenvalue weighted by Crippen LogP contribution is 2.33. The van der Waals surface area contributed by atoms with Gasteiger partial charge < -0.3 is 19.3 Å². The number of nitrogens with one attached hydrogen (secondary N) is 1. The molecule has 10 nitrogen and oxygen atoms in total. The lowest BCUT2D eigenvalue weighted by molar-refractivity contribution is -0.383. The second kappa shape index (κ2) is 9.18. The zero-order valence-electron chi connectivity index (χ0n) is 17.6. The van der Waals surface area contributed by atoms with Crippen LogP contribution in [-0.4, -0.2) is 35.2 Å². The second-order valence-corrected chi connectivity index (χ2v) is 6.77. The third-order valence-corrected chi connectivity index (χ3v) is 4.82. The highest BCUT2D eigenvalue weighted by molar-refractivity contribution is 6.09. The lowest BCUT2D eigenvalue weighted by Gasteiger charge is -2.08. The molecule has 0 radical (unpaired) electrons. The SMILES string of the molecule is COc1ccc(-c2noc(-c3ccccc3C(=O)Nc3ccccc3[N+](=O)[O-])n2)cc1OC. The molecule has 1 heterocycles. The second-order valence-electron chi connectivity index (χ2n) is 6.77. The summed E-state index contributed by atoms with van der Waals surface area (Å²) in [6.07, 6.45) is 0. The lowest BCUT2D eigenvalue weighted by Crippen LogP contribution is -2.14. The monoisotopic (exact) mass is 446 g/mol. The molecule has 3 aromatic carbocycles. The fraction of sp³-hybridized carbons (Fsp3) is 0.0870. The number of methoxy groups -OCH3 is 2. The zero-order chi connectivity index (χ0) is 23.4. The van der Waals surface area contributed by atoms with Crippen LogP contribution in [0.5, 0.6) is 11.5 Å². The molecule has 1 N–H and O–H groups in total. The largest absolute Gasteiger partial charge is 0.493 e. The molecule has 0 fully saturated rings. The normalized spacial score (nSPS) is 10.5. The van der Waals surface area contributed by atoms with Crippen LogP contribution in [0.1, 0.15) is 10.4 Å². The molecular weight excluding hydrogens is 428 g/mol. The van der Waals surface area contributed by atoms with Crippen molar-refractivity contribution < 1.29 is 23.7 Å². The molecule has 0 atom stereocenters. The maximum absolute atomic E-state index is 13.0. The molecule has 0 saturated heterocycles. The third kappa shape index (κ3) is 4.35. The molecule has 1 amide bonds. The molecule has 0 aliphatic rings. The summed E-state index contributed by atoms with van der Waals surface area (Å²) in [5.74, 6) is 0.922. The van der Waals surface area contributed by atoms with E-state index in [0.29, 0.717) is 28.5 Å². The molecule has 0 unspecified atom stereocenters. The number of anilines is 1. The first-order valence-electron chi connectivity index (χ1n) is 9.72. The Morgan fingerprint density at radius 2 is 1.73 bits per heavy atom. The quantitative estimate of drug-likeness (QED) is 0.322. The van der Waals surface area contributed by atoms with Gasteiger partial charge in [-0.3, -0.25) is 14.9 Å². The Balaban J connectivity index is 1.66. The minimum absolute atomic E-state index is 0.0823. The van der Waals surface area contributed by atoms with Crippen LogP contribution in [0.25, 0.3) is 22.8 Å². The van der Waals surface area contributed by atoms with E-state index in [4.69, 9.17) is 14.0 Å². The number of nitrogens with zero attached hydrogens (tertiary/aromatic N) is 3. The minimum Gasteiger partial charge on any atom is -0.493 e. The van der Waals surface area contributed by atoms with Crippen molar-refractivity contribution in [1.29, 1.82) is 0 Å². The molecule has 166 valence electrons. The van der Waals surface area contributed by atoms with Gasteiger partial charge in [-0.1, -0.05) is 29.4 Å². The van der Waals surface area contributed by atoms with Crippen molar-refractivity contribution >= 4 is 17.3 Å². The fourth-order valence-electron chi connectivity index (χ4n) is 3.22. The van der Waals surface area contributed by atoms with Gasteiger partial charge in [-0.2, -0.15) is 4.98 Å². The van der Waals surface area contributed by atoms with Crippen molar-refractivity contribution in [3.63, 3.8) is 0 Å². The highest BCUT2D eigenvalue weighted by atomic mass is 16.6. The molecule has 0 spiro atoms. The summed E-state index contributed by atoms with van der Waals surface area (Å²) in [6.45, 7) is 0. The topological polar surface area (TPSA) is 130 Å². The molecule has 0 aliphatic carbocycles. The summed E-state index contributed by atoms with van der Waals surface area (Å²) in [7, 11) is 3.06. The summed E-state index contributed by atoms with van der Waals surface area (Å²) in [5.41, 5.74) is 1.10. The molecular formula is C23H18N4O6. The number of amides is 1. The van der Waals surface area contributed by atoms with Crippen molar-refractivity contribution in [3.05, 3.63) is 82.4 Å². The average Bonchev–Trinajstić information content (AvgIpc) is 3.34. The van der Waals surface area contributed by atoms with E-state index in [1.54, 1.807) is 48.5 Å². The number of rotatable bonds is 7. The van der Waals surface area contributed by atoms with Gasteiger partial charge in [0.25, 0.3) is 17.5 Å². The molecule has 33 heavy (non-hydrogen) atoms. The Morgan fingerprint density at radius 3 is 2.48 bits per heavy atom. The molecule has 0 aliphatic heterocycles. The van der Waals surface area contributed by atoms with Gasteiger partial charge >= 0.3 is 0 Å². The van der Waals surface area contributed by atoms with Crippen molar-refractivity contribution in [1.82, 2.24) is 10.1 Å². The van der Waals surface area contributed by atoms with Gasteiger partial charge in [0.1, 0.15) is 5.69 Å². The molecule has 4 rings (SSSR count). The van der Waals surface area contributed by atoms with Crippen molar-refractivity contribution in [3.8, 4) is 34.3 Å². The first-order chi connectivity index (χ1) is 16.0. The minimum atomic E-state index is -0.561. The molecule has 10 heteroatoms. The smallest absolute Gasteiger partial charge is 0.292 e. The van der Waals surface area contributed by atoms with Gasteiger partial charge in [0.15, 0.2) is 11.5 Å². The van der Waals surface area contributed by atoms with E-state index in [-0.39, 0.29) is 22.8 Å². The lowest BCUT2D eigenvalue weighted by atomic mass is 10.1. The van der Waals surface area contributed by atoms with Crippen molar-refractivity contribution in [2.45, 2.75) is 0 Å². The van der Waals surface area contributed by atoms with Crippen LogP contribution in [0.2, 0.25) is 0 Å². The van der Waals surface area contributed by atoms with Crippen molar-refractivity contribution in [2.24, 2.45) is 0 Å². The number of ether oxygens (including phenoxy) is 2. The number of nitro benzene ring substituents is 1. The summed E-state index contributed by atoms with van der Waals surface area (Å²) in [6, 6.07) is 17.7. The van der Waals surface area contributed by atoms with Gasteiger partial charge in [0.2, 0.25) is 5.82 Å². The van der Waals surface area contributed by atoms with Gasteiger partial charge in [-0.15, -0.1) is 0 Å². The third-order valence-electron chi connectivity index (χ3n) is 4.82.